The van der Waals surface area contributed by atoms with E-state index < -0.39 is 32.5 Å². The quantitative estimate of drug-likeness (QED) is 0.0301. The molecule has 0 unspecified atom stereocenters. The Kier molecular flexibility index (Phi) is 33.0. The molecule has 1 atom stereocenters. The molecule has 0 saturated carbocycles. The summed E-state index contributed by atoms with van der Waals surface area (Å²) in [6.07, 6.45) is 42.3. The number of phosphoric acid groups is 1. The highest BCUT2D eigenvalue weighted by atomic mass is 31.2. The van der Waals surface area contributed by atoms with Crippen molar-refractivity contribution in [1.82, 2.24) is 0 Å². The van der Waals surface area contributed by atoms with E-state index in [2.05, 4.69) is 79.1 Å². The van der Waals surface area contributed by atoms with Crippen molar-refractivity contribution in [1.29, 1.82) is 0 Å². The lowest BCUT2D eigenvalue weighted by Crippen LogP contribution is -2.29. The molecule has 0 aromatic heterocycles. The summed E-state index contributed by atoms with van der Waals surface area (Å²) in [6.45, 7) is 3.50. The standard InChI is InChI=1S/C39H67O8P/c1-3-5-7-9-11-13-15-17-19-21-23-25-27-29-31-33-38(40)45-35-37(36-46-48(42,43)44)47-39(41)34-32-30-28-26-24-22-20-18-16-14-12-10-8-6-4-2/h5,7,11,13,17-20,24,26,37H,3-4,6,8-10,12,14-16,21-23,25,27-36H2,1-2H3,(H2,42,43,44)/b7-5+,13-11+,19-17+,20-18+,26-24+/t37-/m1/s1. The highest BCUT2D eigenvalue weighted by molar-refractivity contribution is 7.46. The van der Waals surface area contributed by atoms with Crippen molar-refractivity contribution in [3.8, 4) is 0 Å². The van der Waals surface area contributed by atoms with E-state index in [9.17, 15) is 14.2 Å². The summed E-state index contributed by atoms with van der Waals surface area (Å²) >= 11 is 0. The van der Waals surface area contributed by atoms with Crippen LogP contribution < -0.4 is 0 Å². The number of allylic oxidation sites excluding steroid dienone is 10. The molecular formula is C39H67O8P. The van der Waals surface area contributed by atoms with E-state index in [0.29, 0.717) is 12.8 Å². The van der Waals surface area contributed by atoms with Crippen LogP contribution in [0.2, 0.25) is 0 Å². The van der Waals surface area contributed by atoms with Gasteiger partial charge in [0.15, 0.2) is 6.10 Å². The first kappa shape index (κ1) is 45.8. The smallest absolute Gasteiger partial charge is 0.462 e. The van der Waals surface area contributed by atoms with Gasteiger partial charge in [0.05, 0.1) is 6.61 Å². The van der Waals surface area contributed by atoms with Crippen LogP contribution in [0.1, 0.15) is 155 Å². The Bertz CT molecular complexity index is 963. The zero-order valence-electron chi connectivity index (χ0n) is 30.1. The molecule has 0 heterocycles. The molecule has 0 fully saturated rings. The fraction of sp³-hybridized carbons (Fsp3) is 0.692. The fourth-order valence-corrected chi connectivity index (χ4v) is 5.13. The minimum atomic E-state index is -4.76. The highest BCUT2D eigenvalue weighted by Crippen LogP contribution is 2.35. The minimum absolute atomic E-state index is 0.163. The largest absolute Gasteiger partial charge is 0.469 e. The molecule has 9 heteroatoms. The molecule has 0 aliphatic heterocycles. The van der Waals surface area contributed by atoms with Crippen LogP contribution in [0, 0.1) is 0 Å². The van der Waals surface area contributed by atoms with Crippen LogP contribution in [-0.4, -0.2) is 41.0 Å². The van der Waals surface area contributed by atoms with Crippen LogP contribution in [0.3, 0.4) is 0 Å². The summed E-state index contributed by atoms with van der Waals surface area (Å²) in [4.78, 5) is 42.7. The van der Waals surface area contributed by atoms with Crippen molar-refractivity contribution in [3.05, 3.63) is 60.8 Å². The van der Waals surface area contributed by atoms with Crippen molar-refractivity contribution < 1.29 is 37.9 Å². The summed E-state index contributed by atoms with van der Waals surface area (Å²) in [6, 6.07) is 0. The molecule has 2 N–H and O–H groups in total. The van der Waals surface area contributed by atoms with Crippen LogP contribution in [0.15, 0.2) is 60.8 Å². The van der Waals surface area contributed by atoms with Gasteiger partial charge in [0.2, 0.25) is 0 Å². The lowest BCUT2D eigenvalue weighted by molar-refractivity contribution is -0.161. The molecular weight excluding hydrogens is 627 g/mol. The number of unbranched alkanes of at least 4 members (excludes halogenated alkanes) is 13. The fourth-order valence-electron chi connectivity index (χ4n) is 4.77. The average molecular weight is 695 g/mol. The second-order valence-electron chi connectivity index (χ2n) is 12.2. The Hall–Kier alpha value is -2.25. The van der Waals surface area contributed by atoms with E-state index in [0.717, 1.165) is 77.0 Å². The lowest BCUT2D eigenvalue weighted by atomic mass is 10.1. The van der Waals surface area contributed by atoms with Crippen LogP contribution in [0.5, 0.6) is 0 Å². The monoisotopic (exact) mass is 694 g/mol. The number of hydrogen-bond acceptors (Lipinski definition) is 6. The molecule has 0 rings (SSSR count). The van der Waals surface area contributed by atoms with Gasteiger partial charge in [-0.3, -0.25) is 14.1 Å². The molecule has 0 aliphatic carbocycles. The second-order valence-corrected chi connectivity index (χ2v) is 13.4. The van der Waals surface area contributed by atoms with Gasteiger partial charge >= 0.3 is 19.8 Å². The number of rotatable bonds is 33. The maximum Gasteiger partial charge on any atom is 0.469 e. The summed E-state index contributed by atoms with van der Waals surface area (Å²) < 4.78 is 26.2. The Morgan fingerprint density at radius 3 is 1.54 bits per heavy atom. The Balaban J connectivity index is 4.07. The van der Waals surface area contributed by atoms with Gasteiger partial charge in [-0.05, 0) is 77.0 Å². The van der Waals surface area contributed by atoms with Gasteiger partial charge < -0.3 is 19.3 Å². The van der Waals surface area contributed by atoms with Crippen molar-refractivity contribution in [2.24, 2.45) is 0 Å². The first-order valence-corrected chi connectivity index (χ1v) is 20.1. The van der Waals surface area contributed by atoms with E-state index in [1.54, 1.807) is 0 Å². The predicted molar refractivity (Wildman–Crippen MR) is 197 cm³/mol. The third-order valence-electron chi connectivity index (χ3n) is 7.52. The maximum atomic E-state index is 12.3. The van der Waals surface area contributed by atoms with E-state index >= 15 is 0 Å². The van der Waals surface area contributed by atoms with E-state index in [1.807, 2.05) is 0 Å². The highest BCUT2D eigenvalue weighted by Gasteiger charge is 2.22. The van der Waals surface area contributed by atoms with E-state index in [4.69, 9.17) is 19.3 Å². The van der Waals surface area contributed by atoms with Gasteiger partial charge in [0, 0.05) is 12.8 Å². The number of ether oxygens (including phenoxy) is 2. The van der Waals surface area contributed by atoms with Crippen LogP contribution >= 0.6 is 7.82 Å². The van der Waals surface area contributed by atoms with Crippen LogP contribution in [0.4, 0.5) is 0 Å². The predicted octanol–water partition coefficient (Wildman–Crippen LogP) is 11.0. The zero-order valence-corrected chi connectivity index (χ0v) is 31.0. The topological polar surface area (TPSA) is 119 Å². The van der Waals surface area contributed by atoms with Crippen LogP contribution in [0.25, 0.3) is 0 Å². The molecule has 0 saturated heterocycles. The summed E-state index contributed by atoms with van der Waals surface area (Å²) in [5.41, 5.74) is 0. The molecule has 0 aromatic carbocycles. The molecule has 8 nitrogen and oxygen atoms in total. The molecule has 0 aliphatic rings. The SMILES string of the molecule is CC/C=C/C/C=C/C/C=C/CCCCCCCC(=O)OC[C@H](COP(=O)(O)O)OC(=O)CCCC/C=C/C/C=C/CCCCCCCC. The minimum Gasteiger partial charge on any atom is -0.462 e. The summed E-state index contributed by atoms with van der Waals surface area (Å²) in [5.74, 6) is -0.949. The molecule has 0 radical (unpaired) electrons. The van der Waals surface area contributed by atoms with Gasteiger partial charge in [0.25, 0.3) is 0 Å². The number of esters is 2. The summed E-state index contributed by atoms with van der Waals surface area (Å²) in [7, 11) is -4.76. The van der Waals surface area contributed by atoms with Gasteiger partial charge in [0.1, 0.15) is 6.61 Å². The molecule has 0 bridgehead atoms. The van der Waals surface area contributed by atoms with Gasteiger partial charge in [-0.25, -0.2) is 4.57 Å². The molecule has 0 aromatic rings. The first-order chi connectivity index (χ1) is 23.3. The van der Waals surface area contributed by atoms with Crippen LogP contribution in [-0.2, 0) is 28.2 Å². The zero-order chi connectivity index (χ0) is 35.4. The lowest BCUT2D eigenvalue weighted by Gasteiger charge is -2.18. The third-order valence-corrected chi connectivity index (χ3v) is 8.01. The molecule has 48 heavy (non-hydrogen) atoms. The normalized spacial score (nSPS) is 13.2. The van der Waals surface area contributed by atoms with Crippen molar-refractivity contribution >= 4 is 19.8 Å². The van der Waals surface area contributed by atoms with Crippen molar-refractivity contribution in [2.45, 2.75) is 161 Å². The molecule has 0 spiro atoms. The van der Waals surface area contributed by atoms with Crippen molar-refractivity contribution in [2.75, 3.05) is 13.2 Å². The van der Waals surface area contributed by atoms with Gasteiger partial charge in [-0.2, -0.15) is 0 Å². The number of carbonyl (C=O) groups is 2. The molecule has 276 valence electrons. The van der Waals surface area contributed by atoms with E-state index in [-0.39, 0.29) is 19.4 Å². The number of phosphoric ester groups is 1. The Morgan fingerprint density at radius 2 is 1.00 bits per heavy atom. The first-order valence-electron chi connectivity index (χ1n) is 18.6. The van der Waals surface area contributed by atoms with Gasteiger partial charge in [-0.1, -0.05) is 126 Å². The maximum absolute atomic E-state index is 12.3. The Morgan fingerprint density at radius 1 is 0.562 bits per heavy atom. The Labute approximate surface area is 292 Å². The average Bonchev–Trinajstić information content (AvgIpc) is 3.05. The number of carbonyl (C=O) groups excluding carboxylic acids is 2. The second kappa shape index (κ2) is 34.6. The molecule has 0 amide bonds. The van der Waals surface area contributed by atoms with E-state index in [1.165, 1.54) is 38.5 Å². The van der Waals surface area contributed by atoms with Crippen molar-refractivity contribution in [3.63, 3.8) is 0 Å². The third kappa shape index (κ3) is 36.6. The van der Waals surface area contributed by atoms with Gasteiger partial charge in [-0.15, -0.1) is 0 Å². The number of hydrogen-bond donors (Lipinski definition) is 2. The summed E-state index contributed by atoms with van der Waals surface area (Å²) in [5, 5.41) is 0.